The van der Waals surface area contributed by atoms with E-state index >= 15 is 0 Å². The highest BCUT2D eigenvalue weighted by atomic mass is 32.1. The van der Waals surface area contributed by atoms with E-state index in [1.807, 2.05) is 38.1 Å². The summed E-state index contributed by atoms with van der Waals surface area (Å²) in [7, 11) is 0. The number of anilines is 1. The van der Waals surface area contributed by atoms with Crippen LogP contribution in [-0.2, 0) is 9.53 Å². The number of ether oxygens (including phenoxy) is 1. The van der Waals surface area contributed by atoms with Gasteiger partial charge in [-0.1, -0.05) is 42.0 Å². The number of hydrogen-bond donors (Lipinski definition) is 1. The van der Waals surface area contributed by atoms with Crippen molar-refractivity contribution in [1.29, 1.82) is 0 Å². The summed E-state index contributed by atoms with van der Waals surface area (Å²) in [5.74, 6) is -1.24. The van der Waals surface area contributed by atoms with Crippen molar-refractivity contribution in [2.45, 2.75) is 20.8 Å². The fourth-order valence-electron chi connectivity index (χ4n) is 3.00. The van der Waals surface area contributed by atoms with Gasteiger partial charge >= 0.3 is 5.97 Å². The highest BCUT2D eigenvalue weighted by molar-refractivity contribution is 7.17. The third-order valence-corrected chi connectivity index (χ3v) is 5.46. The van der Waals surface area contributed by atoms with E-state index in [9.17, 15) is 14.0 Å². The zero-order valence-electron chi connectivity index (χ0n) is 17.0. The molecule has 0 spiro atoms. The van der Waals surface area contributed by atoms with Crippen LogP contribution in [0.5, 0.6) is 0 Å². The molecule has 3 aromatic rings. The maximum atomic E-state index is 13.4. The summed E-state index contributed by atoms with van der Waals surface area (Å²) in [5.41, 5.74) is 3.64. The molecule has 0 unspecified atom stereocenters. The Morgan fingerprint density at radius 3 is 2.37 bits per heavy atom. The second-order valence-electron chi connectivity index (χ2n) is 6.70. The lowest BCUT2D eigenvalue weighted by Gasteiger charge is -2.08. The lowest BCUT2D eigenvalue weighted by molar-refractivity contribution is -0.111. The first-order chi connectivity index (χ1) is 14.4. The van der Waals surface area contributed by atoms with Crippen LogP contribution in [0.25, 0.3) is 17.2 Å². The van der Waals surface area contributed by atoms with Crippen molar-refractivity contribution in [2.75, 3.05) is 11.9 Å². The molecule has 1 N–H and O–H groups in total. The van der Waals surface area contributed by atoms with Crippen LogP contribution < -0.4 is 5.32 Å². The van der Waals surface area contributed by atoms with Gasteiger partial charge in [-0.05, 0) is 50.1 Å². The topological polar surface area (TPSA) is 55.4 Å². The minimum Gasteiger partial charge on any atom is -0.462 e. The smallest absolute Gasteiger partial charge is 0.341 e. The number of amides is 1. The van der Waals surface area contributed by atoms with Gasteiger partial charge in [0.05, 0.1) is 6.61 Å². The third-order valence-electron chi connectivity index (χ3n) is 4.44. The van der Waals surface area contributed by atoms with Crippen molar-refractivity contribution in [2.24, 2.45) is 0 Å². The highest BCUT2D eigenvalue weighted by Gasteiger charge is 2.25. The Hall–Kier alpha value is -3.25. The summed E-state index contributed by atoms with van der Waals surface area (Å²) >= 11 is 1.29. The average molecular weight is 424 g/mol. The number of thiophene rings is 1. The molecule has 1 heterocycles. The molecule has 0 atom stereocenters. The quantitative estimate of drug-likeness (QED) is 0.391. The van der Waals surface area contributed by atoms with Crippen molar-refractivity contribution in [3.05, 3.63) is 82.0 Å². The maximum Gasteiger partial charge on any atom is 0.341 e. The van der Waals surface area contributed by atoms with Gasteiger partial charge in [0.1, 0.15) is 16.4 Å². The van der Waals surface area contributed by atoms with E-state index in [0.29, 0.717) is 16.1 Å². The average Bonchev–Trinajstić information content (AvgIpc) is 3.04. The summed E-state index contributed by atoms with van der Waals surface area (Å²) in [5, 5.41) is 3.20. The monoisotopic (exact) mass is 423 g/mol. The van der Waals surface area contributed by atoms with Crippen molar-refractivity contribution in [3.8, 4) is 11.1 Å². The SMILES string of the molecule is CCOC(=O)c1c(NC(=O)/C=C/c2ccc(C)cc2)sc(C)c1-c1ccc(F)cc1. The Kier molecular flexibility index (Phi) is 6.79. The highest BCUT2D eigenvalue weighted by Crippen LogP contribution is 2.40. The van der Waals surface area contributed by atoms with Crippen LogP contribution in [0.1, 0.15) is 33.3 Å². The normalized spacial score (nSPS) is 10.9. The molecule has 6 heteroatoms. The molecule has 0 saturated carbocycles. The van der Waals surface area contributed by atoms with Crippen molar-refractivity contribution in [3.63, 3.8) is 0 Å². The number of halogens is 1. The number of rotatable bonds is 6. The molecule has 0 aliphatic carbocycles. The standard InChI is InChI=1S/C24H22FNO3S/c1-4-29-24(28)22-21(18-10-12-19(25)13-11-18)16(3)30-23(22)26-20(27)14-9-17-7-5-15(2)6-8-17/h5-14H,4H2,1-3H3,(H,26,27)/b14-9+. The third kappa shape index (κ3) is 5.02. The molecule has 0 aliphatic rings. The first-order valence-electron chi connectivity index (χ1n) is 9.51. The van der Waals surface area contributed by atoms with E-state index in [4.69, 9.17) is 4.74 Å². The molecule has 1 amide bonds. The summed E-state index contributed by atoms with van der Waals surface area (Å²) in [6.45, 7) is 5.77. The molecule has 154 valence electrons. The van der Waals surface area contributed by atoms with Crippen LogP contribution in [0.3, 0.4) is 0 Å². The summed E-state index contributed by atoms with van der Waals surface area (Å²) in [4.78, 5) is 26.0. The number of esters is 1. The van der Waals surface area contributed by atoms with Crippen LogP contribution in [0.15, 0.2) is 54.6 Å². The van der Waals surface area contributed by atoms with Gasteiger partial charge in [0.2, 0.25) is 5.91 Å². The molecule has 3 rings (SSSR count). The molecule has 0 saturated heterocycles. The fraction of sp³-hybridized carbons (Fsp3) is 0.167. The van der Waals surface area contributed by atoms with Gasteiger partial charge in [0.15, 0.2) is 0 Å². The second kappa shape index (κ2) is 9.50. The molecule has 30 heavy (non-hydrogen) atoms. The first kappa shape index (κ1) is 21.5. The lowest BCUT2D eigenvalue weighted by atomic mass is 10.0. The molecule has 0 bridgehead atoms. The van der Waals surface area contributed by atoms with Gasteiger partial charge in [-0.15, -0.1) is 11.3 Å². The van der Waals surface area contributed by atoms with Crippen LogP contribution in [-0.4, -0.2) is 18.5 Å². The van der Waals surface area contributed by atoms with Gasteiger partial charge in [-0.25, -0.2) is 9.18 Å². The second-order valence-corrected chi connectivity index (χ2v) is 7.92. The van der Waals surface area contributed by atoms with Gasteiger partial charge in [0.25, 0.3) is 0 Å². The van der Waals surface area contributed by atoms with Gasteiger partial charge in [-0.3, -0.25) is 4.79 Å². The van der Waals surface area contributed by atoms with E-state index in [1.165, 1.54) is 29.5 Å². The molecule has 1 aromatic heterocycles. The largest absolute Gasteiger partial charge is 0.462 e. The predicted molar refractivity (Wildman–Crippen MR) is 119 cm³/mol. The summed E-state index contributed by atoms with van der Waals surface area (Å²) in [6.07, 6.45) is 3.13. The van der Waals surface area contributed by atoms with Crippen molar-refractivity contribution in [1.82, 2.24) is 0 Å². The molecule has 0 aliphatic heterocycles. The number of nitrogens with one attached hydrogen (secondary N) is 1. The molecule has 0 radical (unpaired) electrons. The van der Waals surface area contributed by atoms with Crippen LogP contribution in [0.2, 0.25) is 0 Å². The summed E-state index contributed by atoms with van der Waals surface area (Å²) < 4.78 is 18.6. The van der Waals surface area contributed by atoms with E-state index < -0.39 is 5.97 Å². The van der Waals surface area contributed by atoms with Gasteiger partial charge < -0.3 is 10.1 Å². The number of carbonyl (C=O) groups excluding carboxylic acids is 2. The minimum atomic E-state index is -0.529. The van der Waals surface area contributed by atoms with E-state index in [0.717, 1.165) is 16.0 Å². The van der Waals surface area contributed by atoms with Crippen LogP contribution in [0, 0.1) is 19.7 Å². The Morgan fingerprint density at radius 2 is 1.73 bits per heavy atom. The molecule has 0 fully saturated rings. The Morgan fingerprint density at radius 1 is 1.07 bits per heavy atom. The Labute approximate surface area is 179 Å². The van der Waals surface area contributed by atoms with Gasteiger partial charge in [0, 0.05) is 16.5 Å². The number of benzene rings is 2. The van der Waals surface area contributed by atoms with Crippen molar-refractivity contribution < 1.29 is 18.7 Å². The Bertz CT molecular complexity index is 1080. The molecular formula is C24H22FNO3S. The number of carbonyl (C=O) groups is 2. The first-order valence-corrected chi connectivity index (χ1v) is 10.3. The van der Waals surface area contributed by atoms with Gasteiger partial charge in [-0.2, -0.15) is 0 Å². The summed E-state index contributed by atoms with van der Waals surface area (Å²) in [6, 6.07) is 13.7. The fourth-order valence-corrected chi connectivity index (χ4v) is 4.07. The van der Waals surface area contributed by atoms with Crippen LogP contribution >= 0.6 is 11.3 Å². The van der Waals surface area contributed by atoms with Crippen LogP contribution in [0.4, 0.5) is 9.39 Å². The van der Waals surface area contributed by atoms with E-state index in [-0.39, 0.29) is 23.9 Å². The minimum absolute atomic E-state index is 0.206. The van der Waals surface area contributed by atoms with E-state index in [2.05, 4.69) is 5.32 Å². The predicted octanol–water partition coefficient (Wildman–Crippen LogP) is 6.00. The molecule has 4 nitrogen and oxygen atoms in total. The Balaban J connectivity index is 1.92. The molecular weight excluding hydrogens is 401 g/mol. The maximum absolute atomic E-state index is 13.4. The molecule has 2 aromatic carbocycles. The number of hydrogen-bond acceptors (Lipinski definition) is 4. The zero-order valence-corrected chi connectivity index (χ0v) is 17.8. The zero-order chi connectivity index (χ0) is 21.7. The number of aryl methyl sites for hydroxylation is 2. The van der Waals surface area contributed by atoms with E-state index in [1.54, 1.807) is 25.1 Å². The van der Waals surface area contributed by atoms with Crippen molar-refractivity contribution >= 4 is 34.3 Å². The lowest BCUT2D eigenvalue weighted by Crippen LogP contribution is -2.12.